The van der Waals surface area contributed by atoms with Crippen LogP contribution in [-0.4, -0.2) is 52.4 Å². The molecule has 4 atom stereocenters. The monoisotopic (exact) mass is 391 g/mol. The van der Waals surface area contributed by atoms with Crippen LogP contribution in [0, 0.1) is 11.8 Å². The highest BCUT2D eigenvalue weighted by molar-refractivity contribution is 5.94. The van der Waals surface area contributed by atoms with Gasteiger partial charge in [-0.2, -0.15) is 0 Å². The van der Waals surface area contributed by atoms with Crippen molar-refractivity contribution in [2.75, 3.05) is 19.6 Å². The molecule has 3 saturated heterocycles. The largest absolute Gasteiger partial charge is 0.338 e. The Morgan fingerprint density at radius 2 is 1.90 bits per heavy atom. The van der Waals surface area contributed by atoms with Gasteiger partial charge in [0.1, 0.15) is 0 Å². The van der Waals surface area contributed by atoms with E-state index < -0.39 is 0 Å². The third kappa shape index (κ3) is 3.76. The Hall–Kier alpha value is -2.40. The topological polar surface area (TPSA) is 56.4 Å². The minimum absolute atomic E-state index is 0.0565. The van der Waals surface area contributed by atoms with E-state index in [0.717, 1.165) is 26.1 Å². The standard InChI is InChI=1S/C24H29N3O2/c28-23-10-9-19(13-25-23)24(29)26-14-18-11-20(16-26)22-8-4-7-21(27(22)15-18)12-17-5-2-1-3-6-17/h1-3,5-6,9-10,13,18,20-22H,4,7-8,11-12,14-16H2,(H,25,28)/t18-,20+,21+,22-/m0/s1. The molecule has 0 radical (unpaired) electrons. The molecular formula is C24H29N3O2. The number of aromatic amines is 1. The second-order valence-electron chi connectivity index (χ2n) is 9.05. The van der Waals surface area contributed by atoms with Crippen LogP contribution in [-0.2, 0) is 6.42 Å². The molecule has 1 aromatic carbocycles. The van der Waals surface area contributed by atoms with Crippen molar-refractivity contribution >= 4 is 5.91 Å². The maximum absolute atomic E-state index is 13.0. The van der Waals surface area contributed by atoms with Gasteiger partial charge in [0, 0.05) is 44.0 Å². The minimum atomic E-state index is -0.167. The van der Waals surface area contributed by atoms with E-state index in [1.807, 2.05) is 4.90 Å². The summed E-state index contributed by atoms with van der Waals surface area (Å²) < 4.78 is 0. The Morgan fingerprint density at radius 1 is 1.03 bits per heavy atom. The van der Waals surface area contributed by atoms with E-state index in [4.69, 9.17) is 0 Å². The highest BCUT2D eigenvalue weighted by Gasteiger charge is 2.45. The van der Waals surface area contributed by atoms with Crippen LogP contribution >= 0.6 is 0 Å². The summed E-state index contributed by atoms with van der Waals surface area (Å²) in [7, 11) is 0. The van der Waals surface area contributed by atoms with Crippen molar-refractivity contribution in [1.82, 2.24) is 14.8 Å². The fourth-order valence-electron chi connectivity index (χ4n) is 5.91. The number of likely N-dealkylation sites (tertiary alicyclic amines) is 1. The Bertz CT molecular complexity index is 905. The van der Waals surface area contributed by atoms with Crippen molar-refractivity contribution in [3.63, 3.8) is 0 Å². The molecule has 2 aromatic rings. The molecule has 5 nitrogen and oxygen atoms in total. The summed E-state index contributed by atoms with van der Waals surface area (Å²) >= 11 is 0. The number of H-pyrrole nitrogens is 1. The van der Waals surface area contributed by atoms with Crippen LogP contribution in [0.15, 0.2) is 53.5 Å². The number of hydrogen-bond donors (Lipinski definition) is 1. The second kappa shape index (κ2) is 7.79. The van der Waals surface area contributed by atoms with Crippen LogP contribution in [0.4, 0.5) is 0 Å². The smallest absolute Gasteiger partial charge is 0.255 e. The minimum Gasteiger partial charge on any atom is -0.338 e. The van der Waals surface area contributed by atoms with Gasteiger partial charge < -0.3 is 9.88 Å². The first kappa shape index (κ1) is 18.6. The summed E-state index contributed by atoms with van der Waals surface area (Å²) in [5, 5.41) is 0. The number of piperidine rings is 3. The van der Waals surface area contributed by atoms with Crippen molar-refractivity contribution in [1.29, 1.82) is 0 Å². The summed E-state index contributed by atoms with van der Waals surface area (Å²) in [6.07, 6.45) is 7.76. The summed E-state index contributed by atoms with van der Waals surface area (Å²) in [5.41, 5.74) is 1.86. The summed E-state index contributed by atoms with van der Waals surface area (Å²) in [6, 6.07) is 15.2. The second-order valence-corrected chi connectivity index (χ2v) is 9.05. The van der Waals surface area contributed by atoms with E-state index in [9.17, 15) is 9.59 Å². The maximum atomic E-state index is 13.0. The van der Waals surface area contributed by atoms with Gasteiger partial charge in [-0.05, 0) is 49.1 Å². The van der Waals surface area contributed by atoms with Crippen LogP contribution in [0.1, 0.15) is 41.6 Å². The molecule has 1 N–H and O–H groups in total. The number of carbonyl (C=O) groups excluding carboxylic acids is 1. The van der Waals surface area contributed by atoms with Crippen LogP contribution in [0.25, 0.3) is 0 Å². The predicted octanol–water partition coefficient (Wildman–Crippen LogP) is 2.93. The first-order chi connectivity index (χ1) is 14.2. The molecule has 3 aliphatic heterocycles. The zero-order valence-electron chi connectivity index (χ0n) is 16.8. The summed E-state index contributed by atoms with van der Waals surface area (Å²) in [6.45, 7) is 2.78. The lowest BCUT2D eigenvalue weighted by Crippen LogP contribution is -2.62. The molecule has 4 heterocycles. The van der Waals surface area contributed by atoms with Gasteiger partial charge in [-0.15, -0.1) is 0 Å². The molecule has 3 aliphatic rings. The van der Waals surface area contributed by atoms with Crippen molar-refractivity contribution in [3.8, 4) is 0 Å². The lowest BCUT2D eigenvalue weighted by molar-refractivity contribution is -0.0498. The molecule has 5 rings (SSSR count). The quantitative estimate of drug-likeness (QED) is 0.875. The van der Waals surface area contributed by atoms with Crippen molar-refractivity contribution in [3.05, 3.63) is 70.1 Å². The molecule has 152 valence electrons. The first-order valence-electron chi connectivity index (χ1n) is 10.9. The number of amides is 1. The molecule has 1 aromatic heterocycles. The van der Waals surface area contributed by atoms with E-state index >= 15 is 0 Å². The maximum Gasteiger partial charge on any atom is 0.255 e. The van der Waals surface area contributed by atoms with E-state index in [0.29, 0.717) is 29.5 Å². The number of rotatable bonds is 3. The van der Waals surface area contributed by atoms with E-state index in [2.05, 4.69) is 40.2 Å². The van der Waals surface area contributed by atoms with Gasteiger partial charge in [0.2, 0.25) is 5.56 Å². The Balaban J connectivity index is 1.31. The zero-order valence-corrected chi connectivity index (χ0v) is 16.8. The van der Waals surface area contributed by atoms with E-state index in [1.165, 1.54) is 37.3 Å². The van der Waals surface area contributed by atoms with Gasteiger partial charge >= 0.3 is 0 Å². The van der Waals surface area contributed by atoms with Gasteiger partial charge in [-0.3, -0.25) is 14.5 Å². The molecule has 2 bridgehead atoms. The fourth-order valence-corrected chi connectivity index (χ4v) is 5.91. The molecule has 1 amide bonds. The van der Waals surface area contributed by atoms with Gasteiger partial charge in [0.05, 0.1) is 5.56 Å². The normalized spacial score (nSPS) is 29.3. The zero-order chi connectivity index (χ0) is 19.8. The lowest BCUT2D eigenvalue weighted by Gasteiger charge is -2.55. The molecule has 0 unspecified atom stereocenters. The molecule has 0 spiro atoms. The molecule has 3 fully saturated rings. The summed E-state index contributed by atoms with van der Waals surface area (Å²) in [4.78, 5) is 31.8. The van der Waals surface area contributed by atoms with E-state index in [-0.39, 0.29) is 11.5 Å². The third-order valence-electron chi connectivity index (χ3n) is 7.15. The Kier molecular flexibility index (Phi) is 5.00. The molecule has 29 heavy (non-hydrogen) atoms. The number of carbonyl (C=O) groups is 1. The number of nitrogens with zero attached hydrogens (tertiary/aromatic N) is 2. The molecule has 5 heteroatoms. The Labute approximate surface area is 171 Å². The van der Waals surface area contributed by atoms with Crippen LogP contribution < -0.4 is 5.56 Å². The Morgan fingerprint density at radius 3 is 2.69 bits per heavy atom. The van der Waals surface area contributed by atoms with Gasteiger partial charge in [-0.25, -0.2) is 0 Å². The SMILES string of the molecule is O=C(c1ccc(=O)[nH]c1)N1C[C@@H]2C[C@H](C1)[C@@H]1CCC[C@H](Cc3ccccc3)N1C2. The fraction of sp³-hybridized carbons (Fsp3) is 0.500. The van der Waals surface area contributed by atoms with Gasteiger partial charge in [0.15, 0.2) is 0 Å². The number of nitrogens with one attached hydrogen (secondary N) is 1. The lowest BCUT2D eigenvalue weighted by atomic mass is 9.74. The highest BCUT2D eigenvalue weighted by atomic mass is 16.2. The molecular weight excluding hydrogens is 362 g/mol. The van der Waals surface area contributed by atoms with Crippen LogP contribution in [0.2, 0.25) is 0 Å². The number of aromatic nitrogens is 1. The number of benzene rings is 1. The van der Waals surface area contributed by atoms with Crippen LogP contribution in [0.5, 0.6) is 0 Å². The van der Waals surface area contributed by atoms with Gasteiger partial charge in [-0.1, -0.05) is 36.8 Å². The molecule has 0 saturated carbocycles. The highest BCUT2D eigenvalue weighted by Crippen LogP contribution is 2.40. The van der Waals surface area contributed by atoms with Crippen molar-refractivity contribution in [2.45, 2.75) is 44.2 Å². The van der Waals surface area contributed by atoms with Gasteiger partial charge in [0.25, 0.3) is 5.91 Å². The first-order valence-corrected chi connectivity index (χ1v) is 10.9. The number of fused-ring (bicyclic) bond motifs is 4. The van der Waals surface area contributed by atoms with E-state index in [1.54, 1.807) is 12.3 Å². The summed E-state index contributed by atoms with van der Waals surface area (Å²) in [5.74, 6) is 1.17. The van der Waals surface area contributed by atoms with Crippen LogP contribution in [0.3, 0.4) is 0 Å². The predicted molar refractivity (Wildman–Crippen MR) is 113 cm³/mol. The van der Waals surface area contributed by atoms with Crippen molar-refractivity contribution in [2.24, 2.45) is 11.8 Å². The third-order valence-corrected chi connectivity index (χ3v) is 7.15. The number of pyridine rings is 1. The molecule has 0 aliphatic carbocycles. The average molecular weight is 392 g/mol. The van der Waals surface area contributed by atoms with Crippen molar-refractivity contribution < 1.29 is 4.79 Å². The number of hydrogen-bond acceptors (Lipinski definition) is 3. The average Bonchev–Trinajstić information content (AvgIpc) is 2.75.